The molecule has 0 aromatic carbocycles. The second-order valence-electron chi connectivity index (χ2n) is 6.23. The molecule has 0 saturated heterocycles. The van der Waals surface area contributed by atoms with Crippen LogP contribution in [0.3, 0.4) is 0 Å². The molecule has 21 heavy (non-hydrogen) atoms. The number of carbonyl (C=O) groups excluding carboxylic acids is 1. The van der Waals surface area contributed by atoms with Crippen LogP contribution in [0.5, 0.6) is 0 Å². The lowest BCUT2D eigenvalue weighted by atomic mass is 10.1. The van der Waals surface area contributed by atoms with Crippen LogP contribution in [0.15, 0.2) is 0 Å². The Morgan fingerprint density at radius 3 is 2.24 bits per heavy atom. The van der Waals surface area contributed by atoms with Gasteiger partial charge in [-0.25, -0.2) is 8.42 Å². The highest BCUT2D eigenvalue weighted by atomic mass is 32.2. The van der Waals surface area contributed by atoms with Crippen LogP contribution >= 0.6 is 0 Å². The molecule has 2 saturated carbocycles. The maximum atomic E-state index is 12.3. The summed E-state index contributed by atoms with van der Waals surface area (Å²) in [5, 5.41) is 8.57. The van der Waals surface area contributed by atoms with Gasteiger partial charge in [0.25, 0.3) is 0 Å². The SMILES string of the molecule is CC(CN(C(=O)CS(=O)(=O)C1CCCC1)C1CC1)C(=O)O. The number of carboxylic acids is 1. The van der Waals surface area contributed by atoms with E-state index in [1.807, 2.05) is 0 Å². The number of rotatable bonds is 7. The lowest BCUT2D eigenvalue weighted by Gasteiger charge is -2.25. The Morgan fingerprint density at radius 1 is 1.19 bits per heavy atom. The van der Waals surface area contributed by atoms with Crippen LogP contribution in [-0.4, -0.2) is 53.9 Å². The summed E-state index contributed by atoms with van der Waals surface area (Å²) in [5.41, 5.74) is 0. The lowest BCUT2D eigenvalue weighted by Crippen LogP contribution is -2.42. The number of aliphatic carboxylic acids is 1. The van der Waals surface area contributed by atoms with E-state index in [1.54, 1.807) is 0 Å². The second-order valence-corrected chi connectivity index (χ2v) is 8.51. The van der Waals surface area contributed by atoms with Gasteiger partial charge in [0, 0.05) is 12.6 Å². The van der Waals surface area contributed by atoms with Gasteiger partial charge in [-0.2, -0.15) is 0 Å². The molecule has 6 nitrogen and oxygen atoms in total. The first kappa shape index (κ1) is 16.3. The molecule has 7 heteroatoms. The minimum absolute atomic E-state index is 0.0260. The number of hydrogen-bond acceptors (Lipinski definition) is 4. The van der Waals surface area contributed by atoms with Crippen LogP contribution in [0.25, 0.3) is 0 Å². The van der Waals surface area contributed by atoms with Gasteiger partial charge in [0.15, 0.2) is 9.84 Å². The molecule has 1 atom stereocenters. The summed E-state index contributed by atoms with van der Waals surface area (Å²) in [6.07, 6.45) is 4.76. The number of carboxylic acid groups (broad SMARTS) is 1. The Kier molecular flexibility index (Phi) is 4.91. The molecule has 0 radical (unpaired) electrons. The number of amides is 1. The van der Waals surface area contributed by atoms with Crippen molar-refractivity contribution in [3.8, 4) is 0 Å². The Labute approximate surface area is 125 Å². The first-order chi connectivity index (χ1) is 9.81. The molecule has 2 rings (SSSR count). The van der Waals surface area contributed by atoms with Crippen LogP contribution < -0.4 is 0 Å². The third-order valence-corrected chi connectivity index (χ3v) is 6.47. The van der Waals surface area contributed by atoms with Gasteiger partial charge in [-0.15, -0.1) is 0 Å². The molecule has 120 valence electrons. The van der Waals surface area contributed by atoms with Crippen molar-refractivity contribution in [2.24, 2.45) is 5.92 Å². The molecule has 2 aliphatic rings. The van der Waals surface area contributed by atoms with Crippen LogP contribution in [0.1, 0.15) is 45.4 Å². The highest BCUT2D eigenvalue weighted by Crippen LogP contribution is 2.29. The van der Waals surface area contributed by atoms with Crippen molar-refractivity contribution in [1.82, 2.24) is 4.90 Å². The highest BCUT2D eigenvalue weighted by molar-refractivity contribution is 7.92. The Morgan fingerprint density at radius 2 is 1.76 bits per heavy atom. The molecule has 0 spiro atoms. The van der Waals surface area contributed by atoms with Gasteiger partial charge in [-0.05, 0) is 25.7 Å². The fourth-order valence-corrected chi connectivity index (χ4v) is 4.63. The van der Waals surface area contributed by atoms with Crippen molar-refractivity contribution in [2.75, 3.05) is 12.3 Å². The number of sulfone groups is 1. The van der Waals surface area contributed by atoms with Gasteiger partial charge in [0.05, 0.1) is 11.2 Å². The van der Waals surface area contributed by atoms with Crippen molar-refractivity contribution in [3.05, 3.63) is 0 Å². The predicted molar refractivity (Wildman–Crippen MR) is 77.6 cm³/mol. The standard InChI is InChI=1S/C14H23NO5S/c1-10(14(17)18)8-15(11-6-7-11)13(16)9-21(19,20)12-4-2-3-5-12/h10-12H,2-9H2,1H3,(H,17,18). The van der Waals surface area contributed by atoms with Gasteiger partial charge in [0.1, 0.15) is 5.75 Å². The third kappa shape index (κ3) is 4.18. The summed E-state index contributed by atoms with van der Waals surface area (Å²) < 4.78 is 24.5. The normalized spacial score (nSPS) is 21.2. The van der Waals surface area contributed by atoms with Gasteiger partial charge in [0.2, 0.25) is 5.91 Å². The summed E-state index contributed by atoms with van der Waals surface area (Å²) in [6.45, 7) is 1.63. The van der Waals surface area contributed by atoms with Crippen LogP contribution in [0.2, 0.25) is 0 Å². The molecule has 2 aliphatic carbocycles. The molecular formula is C14H23NO5S. The predicted octanol–water partition coefficient (Wildman–Crippen LogP) is 1.06. The summed E-state index contributed by atoms with van der Waals surface area (Å²) in [4.78, 5) is 24.7. The summed E-state index contributed by atoms with van der Waals surface area (Å²) in [6, 6.07) is 0.0260. The van der Waals surface area contributed by atoms with E-state index in [2.05, 4.69) is 0 Å². The van der Waals surface area contributed by atoms with Crippen molar-refractivity contribution in [2.45, 2.75) is 56.7 Å². The number of carbonyl (C=O) groups is 2. The van der Waals surface area contributed by atoms with E-state index >= 15 is 0 Å². The van der Waals surface area contributed by atoms with Crippen LogP contribution in [0.4, 0.5) is 0 Å². The Bertz CT molecular complexity index is 505. The highest BCUT2D eigenvalue weighted by Gasteiger charge is 2.38. The van der Waals surface area contributed by atoms with Gasteiger partial charge >= 0.3 is 5.97 Å². The van der Waals surface area contributed by atoms with E-state index in [0.717, 1.165) is 25.7 Å². The lowest BCUT2D eigenvalue weighted by molar-refractivity contribution is -0.142. The zero-order valence-corrected chi connectivity index (χ0v) is 13.1. The monoisotopic (exact) mass is 317 g/mol. The van der Waals surface area contributed by atoms with Crippen molar-refractivity contribution in [1.29, 1.82) is 0 Å². The van der Waals surface area contributed by atoms with Crippen molar-refractivity contribution in [3.63, 3.8) is 0 Å². The molecule has 1 amide bonds. The van der Waals surface area contributed by atoms with E-state index in [1.165, 1.54) is 11.8 Å². The number of nitrogens with zero attached hydrogens (tertiary/aromatic N) is 1. The molecule has 2 fully saturated rings. The first-order valence-electron chi connectivity index (χ1n) is 7.55. The molecule has 0 heterocycles. The average molecular weight is 317 g/mol. The van der Waals surface area contributed by atoms with E-state index in [9.17, 15) is 18.0 Å². The Balaban J connectivity index is 2.00. The van der Waals surface area contributed by atoms with Crippen LogP contribution in [-0.2, 0) is 19.4 Å². The summed E-state index contributed by atoms with van der Waals surface area (Å²) in [7, 11) is -3.40. The minimum atomic E-state index is -3.40. The topological polar surface area (TPSA) is 91.8 Å². The zero-order valence-electron chi connectivity index (χ0n) is 12.3. The van der Waals surface area contributed by atoms with E-state index < -0.39 is 33.4 Å². The maximum Gasteiger partial charge on any atom is 0.308 e. The molecule has 0 aromatic rings. The number of hydrogen-bond donors (Lipinski definition) is 1. The van der Waals surface area contributed by atoms with E-state index in [4.69, 9.17) is 5.11 Å². The second kappa shape index (κ2) is 6.34. The average Bonchev–Trinajstić information content (AvgIpc) is 3.06. The van der Waals surface area contributed by atoms with Gasteiger partial charge < -0.3 is 10.0 Å². The minimum Gasteiger partial charge on any atom is -0.481 e. The first-order valence-corrected chi connectivity index (χ1v) is 9.26. The molecular weight excluding hydrogens is 294 g/mol. The van der Waals surface area contributed by atoms with Crippen molar-refractivity contribution >= 4 is 21.7 Å². The molecule has 1 unspecified atom stereocenters. The van der Waals surface area contributed by atoms with Gasteiger partial charge in [-0.3, -0.25) is 9.59 Å². The van der Waals surface area contributed by atoms with Gasteiger partial charge in [-0.1, -0.05) is 19.8 Å². The zero-order chi connectivity index (χ0) is 15.6. The van der Waals surface area contributed by atoms with Crippen molar-refractivity contribution < 1.29 is 23.1 Å². The summed E-state index contributed by atoms with van der Waals surface area (Å²) >= 11 is 0. The maximum absolute atomic E-state index is 12.3. The molecule has 1 N–H and O–H groups in total. The fraction of sp³-hybridized carbons (Fsp3) is 0.857. The molecule has 0 aliphatic heterocycles. The Hall–Kier alpha value is -1.11. The molecule has 0 aromatic heterocycles. The quantitative estimate of drug-likeness (QED) is 0.758. The molecule has 0 bridgehead atoms. The van der Waals surface area contributed by atoms with E-state index in [0.29, 0.717) is 12.8 Å². The third-order valence-electron chi connectivity index (χ3n) is 4.33. The largest absolute Gasteiger partial charge is 0.481 e. The fourth-order valence-electron chi connectivity index (χ4n) is 2.83. The smallest absolute Gasteiger partial charge is 0.308 e. The van der Waals surface area contributed by atoms with Crippen LogP contribution in [0, 0.1) is 5.92 Å². The summed E-state index contributed by atoms with van der Waals surface area (Å²) in [5.74, 6) is -2.55. The van der Waals surface area contributed by atoms with E-state index in [-0.39, 0.29) is 17.8 Å².